The monoisotopic (exact) mass is 473 g/mol. The number of hydrogen-bond acceptors (Lipinski definition) is 6. The van der Waals surface area contributed by atoms with Crippen LogP contribution in [0, 0.1) is 5.92 Å². The molecule has 0 spiro atoms. The number of aromatic nitrogens is 3. The highest BCUT2D eigenvalue weighted by atomic mass is 19.4. The SMILES string of the molecule is Nc1ncc(-c2cn(C34CCC3C(N3CCC(F)(F)CC3)C4)c(CO)n2)cc1OC(F)(F)F. The van der Waals surface area contributed by atoms with Gasteiger partial charge in [-0.25, -0.2) is 18.7 Å². The minimum Gasteiger partial charge on any atom is -0.402 e. The Balaban J connectivity index is 1.39. The van der Waals surface area contributed by atoms with E-state index in [9.17, 15) is 27.1 Å². The summed E-state index contributed by atoms with van der Waals surface area (Å²) in [6.07, 6.45) is 0.407. The number of rotatable bonds is 5. The number of fused-ring (bicyclic) bond motifs is 1. The summed E-state index contributed by atoms with van der Waals surface area (Å²) in [7, 11) is 0. The zero-order valence-electron chi connectivity index (χ0n) is 17.7. The Kier molecular flexibility index (Phi) is 5.09. The first-order valence-electron chi connectivity index (χ1n) is 10.8. The van der Waals surface area contributed by atoms with Crippen molar-refractivity contribution < 1.29 is 31.8 Å². The van der Waals surface area contributed by atoms with Crippen LogP contribution in [0.15, 0.2) is 18.5 Å². The van der Waals surface area contributed by atoms with E-state index in [-0.39, 0.29) is 42.5 Å². The minimum absolute atomic E-state index is 0.132. The third-order valence-corrected chi connectivity index (χ3v) is 7.41. The van der Waals surface area contributed by atoms with Gasteiger partial charge in [-0.15, -0.1) is 13.2 Å². The number of aliphatic hydroxyl groups excluding tert-OH is 1. The number of hydrogen-bond donors (Lipinski definition) is 2. The average molecular weight is 473 g/mol. The van der Waals surface area contributed by atoms with Crippen LogP contribution in [0.1, 0.15) is 37.9 Å². The molecule has 0 bridgehead atoms. The molecule has 5 rings (SSSR count). The summed E-state index contributed by atoms with van der Waals surface area (Å²) in [5.74, 6) is -2.96. The van der Waals surface area contributed by atoms with Crippen LogP contribution in [0.5, 0.6) is 5.75 Å². The molecule has 1 saturated heterocycles. The zero-order valence-corrected chi connectivity index (χ0v) is 17.7. The number of ether oxygens (including phenoxy) is 1. The lowest BCUT2D eigenvalue weighted by atomic mass is 9.49. The van der Waals surface area contributed by atoms with Crippen molar-refractivity contribution in [1.29, 1.82) is 0 Å². The number of aliphatic hydroxyl groups is 1. The first-order valence-corrected chi connectivity index (χ1v) is 10.8. The number of halogens is 5. The van der Waals surface area contributed by atoms with Gasteiger partial charge in [-0.05, 0) is 31.2 Å². The van der Waals surface area contributed by atoms with Crippen molar-refractivity contribution in [2.45, 2.75) is 62.6 Å². The maximum absolute atomic E-state index is 13.5. The smallest absolute Gasteiger partial charge is 0.402 e. The summed E-state index contributed by atoms with van der Waals surface area (Å²) in [5.41, 5.74) is 5.87. The normalized spacial score (nSPS) is 29.2. The zero-order chi connectivity index (χ0) is 23.6. The molecule has 3 atom stereocenters. The van der Waals surface area contributed by atoms with Crippen LogP contribution in [0.3, 0.4) is 0 Å². The molecule has 1 aliphatic heterocycles. The van der Waals surface area contributed by atoms with E-state index in [0.29, 0.717) is 24.6 Å². The quantitative estimate of drug-likeness (QED) is 0.646. The number of piperidine rings is 1. The molecule has 0 aromatic carbocycles. The lowest BCUT2D eigenvalue weighted by Crippen LogP contribution is -2.70. The summed E-state index contributed by atoms with van der Waals surface area (Å²) >= 11 is 0. The average Bonchev–Trinajstić information content (AvgIpc) is 3.15. The molecule has 2 aromatic rings. The van der Waals surface area contributed by atoms with Gasteiger partial charge in [0.1, 0.15) is 12.4 Å². The predicted molar refractivity (Wildman–Crippen MR) is 107 cm³/mol. The Bertz CT molecular complexity index is 1050. The fourth-order valence-corrected chi connectivity index (χ4v) is 5.61. The van der Waals surface area contributed by atoms with Gasteiger partial charge in [0.25, 0.3) is 5.92 Å². The molecule has 0 radical (unpaired) electrons. The van der Waals surface area contributed by atoms with Crippen molar-refractivity contribution in [2.75, 3.05) is 18.8 Å². The predicted octanol–water partition coefficient (Wildman–Crippen LogP) is 3.53. The Morgan fingerprint density at radius 2 is 1.94 bits per heavy atom. The second-order valence-corrected chi connectivity index (χ2v) is 9.14. The lowest BCUT2D eigenvalue weighted by molar-refractivity contribution is -0.274. The van der Waals surface area contributed by atoms with E-state index in [1.807, 2.05) is 4.57 Å². The Hall–Kier alpha value is -2.47. The highest BCUT2D eigenvalue weighted by Gasteiger charge is 2.63. The second-order valence-electron chi connectivity index (χ2n) is 9.14. The van der Waals surface area contributed by atoms with Crippen molar-refractivity contribution in [3.63, 3.8) is 0 Å². The number of alkyl halides is 5. The van der Waals surface area contributed by atoms with Crippen LogP contribution < -0.4 is 10.5 Å². The van der Waals surface area contributed by atoms with Gasteiger partial charge >= 0.3 is 6.36 Å². The fraction of sp³-hybridized carbons (Fsp3) is 0.619. The molecule has 3 N–H and O–H groups in total. The van der Waals surface area contributed by atoms with Crippen molar-refractivity contribution in [2.24, 2.45) is 5.92 Å². The van der Waals surface area contributed by atoms with Gasteiger partial charge in [0.2, 0.25) is 0 Å². The third kappa shape index (κ3) is 3.82. The molecule has 33 heavy (non-hydrogen) atoms. The molecule has 3 heterocycles. The van der Waals surface area contributed by atoms with Gasteiger partial charge in [-0.2, -0.15) is 0 Å². The van der Waals surface area contributed by atoms with E-state index in [1.54, 1.807) is 6.20 Å². The minimum atomic E-state index is -4.92. The summed E-state index contributed by atoms with van der Waals surface area (Å²) in [6.45, 7) is 0.389. The molecule has 0 amide bonds. The molecule has 3 unspecified atom stereocenters. The number of anilines is 1. The molecule has 2 aromatic heterocycles. The van der Waals surface area contributed by atoms with Gasteiger partial charge in [-0.1, -0.05) is 0 Å². The van der Waals surface area contributed by atoms with E-state index >= 15 is 0 Å². The van der Waals surface area contributed by atoms with Gasteiger partial charge in [0.15, 0.2) is 11.6 Å². The number of nitrogens with two attached hydrogens (primary N) is 1. The first-order chi connectivity index (χ1) is 15.5. The Labute approximate surface area is 186 Å². The van der Waals surface area contributed by atoms with Crippen LogP contribution in [0.25, 0.3) is 11.3 Å². The maximum Gasteiger partial charge on any atom is 0.573 e. The Morgan fingerprint density at radius 1 is 1.21 bits per heavy atom. The number of likely N-dealkylation sites (tertiary alicyclic amines) is 1. The molecular weight excluding hydrogens is 449 g/mol. The molecule has 7 nitrogen and oxygen atoms in total. The molecule has 2 saturated carbocycles. The van der Waals surface area contributed by atoms with E-state index in [0.717, 1.165) is 25.3 Å². The standard InChI is InChI=1S/C21H24F5N5O2/c22-20(23)3-5-30(6-4-20)15-8-19(2-1-13(15)19)31-10-14(29-17(31)11-32)12-7-16(18(27)28-9-12)33-21(24,25)26/h7,9-10,13,15,32H,1-6,8,11H2,(H2,27,28). The summed E-state index contributed by atoms with van der Waals surface area (Å²) in [4.78, 5) is 10.3. The van der Waals surface area contributed by atoms with Gasteiger partial charge < -0.3 is 20.1 Å². The topological polar surface area (TPSA) is 89.4 Å². The summed E-state index contributed by atoms with van der Waals surface area (Å²) in [5, 5.41) is 9.91. The molecule has 3 aliphatic rings. The number of pyridine rings is 1. The van der Waals surface area contributed by atoms with Crippen LogP contribution >= 0.6 is 0 Å². The molecule has 3 fully saturated rings. The maximum atomic E-state index is 13.5. The van der Waals surface area contributed by atoms with Crippen LogP contribution in [-0.4, -0.2) is 56.0 Å². The third-order valence-electron chi connectivity index (χ3n) is 7.41. The van der Waals surface area contributed by atoms with Crippen molar-refractivity contribution in [3.8, 4) is 17.0 Å². The molecular formula is C21H24F5N5O2. The summed E-state index contributed by atoms with van der Waals surface area (Å²) < 4.78 is 71.0. The number of nitrogen functional groups attached to an aromatic ring is 1. The van der Waals surface area contributed by atoms with Gasteiger partial charge in [0.05, 0.1) is 11.2 Å². The lowest BCUT2D eigenvalue weighted by Gasteiger charge is -2.66. The van der Waals surface area contributed by atoms with E-state index in [2.05, 4.69) is 19.6 Å². The number of nitrogens with zero attached hydrogens (tertiary/aromatic N) is 4. The van der Waals surface area contributed by atoms with Crippen molar-refractivity contribution in [1.82, 2.24) is 19.4 Å². The largest absolute Gasteiger partial charge is 0.573 e. The first kappa shape index (κ1) is 22.3. The van der Waals surface area contributed by atoms with E-state index in [1.165, 1.54) is 6.20 Å². The van der Waals surface area contributed by atoms with E-state index < -0.39 is 23.9 Å². The highest BCUT2D eigenvalue weighted by molar-refractivity contribution is 5.64. The van der Waals surface area contributed by atoms with Gasteiger partial charge in [-0.3, -0.25) is 4.90 Å². The number of imidazole rings is 1. The second kappa shape index (κ2) is 7.52. The molecule has 12 heteroatoms. The molecule has 2 aliphatic carbocycles. The van der Waals surface area contributed by atoms with Gasteiger partial charge in [0, 0.05) is 49.9 Å². The van der Waals surface area contributed by atoms with Crippen LogP contribution in [0.2, 0.25) is 0 Å². The molecule has 180 valence electrons. The fourth-order valence-electron chi connectivity index (χ4n) is 5.61. The van der Waals surface area contributed by atoms with Crippen molar-refractivity contribution >= 4 is 5.82 Å². The van der Waals surface area contributed by atoms with Crippen molar-refractivity contribution in [3.05, 3.63) is 24.3 Å². The Morgan fingerprint density at radius 3 is 2.52 bits per heavy atom. The summed E-state index contributed by atoms with van der Waals surface area (Å²) in [6, 6.07) is 1.33. The van der Waals surface area contributed by atoms with Crippen LogP contribution in [-0.2, 0) is 12.1 Å². The highest BCUT2D eigenvalue weighted by Crippen LogP contribution is 2.61. The van der Waals surface area contributed by atoms with Crippen LogP contribution in [0.4, 0.5) is 27.8 Å². The van der Waals surface area contributed by atoms with E-state index in [4.69, 9.17) is 5.73 Å².